The zero-order valence-corrected chi connectivity index (χ0v) is 12.5. The van der Waals surface area contributed by atoms with Crippen LogP contribution in [-0.2, 0) is 4.74 Å². The van der Waals surface area contributed by atoms with Crippen LogP contribution in [0.2, 0.25) is 0 Å². The van der Waals surface area contributed by atoms with Crippen LogP contribution >= 0.6 is 11.5 Å². The minimum absolute atomic E-state index is 0.159. The van der Waals surface area contributed by atoms with Gasteiger partial charge in [0.05, 0.1) is 11.8 Å². The van der Waals surface area contributed by atoms with Gasteiger partial charge in [-0.15, -0.1) is 5.10 Å². The molecule has 5 nitrogen and oxygen atoms in total. The molecule has 0 saturated heterocycles. The summed E-state index contributed by atoms with van der Waals surface area (Å²) in [5.74, 6) is -0.159. The van der Waals surface area contributed by atoms with Crippen LogP contribution in [0.1, 0.15) is 32.6 Å². The van der Waals surface area contributed by atoms with E-state index in [2.05, 4.69) is 14.9 Å². The van der Waals surface area contributed by atoms with Gasteiger partial charge in [-0.25, -0.2) is 0 Å². The maximum Gasteiger partial charge on any atom is 0.265 e. The molecule has 6 heteroatoms. The number of hydrogen-bond acceptors (Lipinski definition) is 5. The highest BCUT2D eigenvalue weighted by Gasteiger charge is 2.17. The molecule has 0 radical (unpaired) electrons. The van der Waals surface area contributed by atoms with Gasteiger partial charge in [-0.1, -0.05) is 28.8 Å². The second-order valence-corrected chi connectivity index (χ2v) is 5.23. The lowest BCUT2D eigenvalue weighted by molar-refractivity contribution is 0.0828. The highest BCUT2D eigenvalue weighted by molar-refractivity contribution is 7.07. The molecule has 0 aliphatic rings. The Bertz CT molecular complexity index is 598. The first-order valence-corrected chi connectivity index (χ1v) is 7.06. The van der Waals surface area contributed by atoms with Crippen LogP contribution in [0.3, 0.4) is 0 Å². The number of aromatic nitrogens is 2. The molecule has 2 rings (SSSR count). The van der Waals surface area contributed by atoms with Crippen molar-refractivity contribution in [3.05, 3.63) is 46.0 Å². The molecular formula is C14H17N3O2S. The fourth-order valence-corrected chi connectivity index (χ4v) is 2.55. The molecule has 2 aromatic rings. The van der Waals surface area contributed by atoms with E-state index in [0.29, 0.717) is 17.1 Å². The average molecular weight is 291 g/mol. The summed E-state index contributed by atoms with van der Waals surface area (Å²) in [5.41, 5.74) is 2.87. The topological polar surface area (TPSA) is 64.1 Å². The summed E-state index contributed by atoms with van der Waals surface area (Å²) in [7, 11) is 1.64. The maximum atomic E-state index is 12.0. The third kappa shape index (κ3) is 3.20. The number of aryl methyl sites for hydroxylation is 2. The van der Waals surface area contributed by atoms with Gasteiger partial charge in [-0.05, 0) is 36.5 Å². The van der Waals surface area contributed by atoms with Crippen molar-refractivity contribution in [3.63, 3.8) is 0 Å². The van der Waals surface area contributed by atoms with Crippen molar-refractivity contribution in [1.29, 1.82) is 0 Å². The largest absolute Gasteiger partial charge is 0.375 e. The number of carbonyl (C=O) groups excluding carboxylic acids is 1. The molecule has 0 spiro atoms. The van der Waals surface area contributed by atoms with Gasteiger partial charge >= 0.3 is 0 Å². The zero-order valence-electron chi connectivity index (χ0n) is 11.7. The molecule has 1 aromatic heterocycles. The smallest absolute Gasteiger partial charge is 0.265 e. The average Bonchev–Trinajstić information content (AvgIpc) is 2.87. The van der Waals surface area contributed by atoms with Crippen molar-refractivity contribution in [2.75, 3.05) is 13.7 Å². The number of hydrogen-bond donors (Lipinski definition) is 1. The monoisotopic (exact) mass is 291 g/mol. The van der Waals surface area contributed by atoms with E-state index >= 15 is 0 Å². The SMILES string of the molecule is CO[C@@H](CNC(=O)c1snnc1C)c1ccccc1C. The summed E-state index contributed by atoms with van der Waals surface area (Å²) in [6.07, 6.45) is -0.165. The summed E-state index contributed by atoms with van der Waals surface area (Å²) in [6, 6.07) is 7.99. The Hall–Kier alpha value is -1.79. The van der Waals surface area contributed by atoms with E-state index in [9.17, 15) is 4.79 Å². The van der Waals surface area contributed by atoms with Crippen molar-refractivity contribution in [1.82, 2.24) is 14.9 Å². The van der Waals surface area contributed by atoms with Crippen LogP contribution in [0.15, 0.2) is 24.3 Å². The quantitative estimate of drug-likeness (QED) is 0.918. The van der Waals surface area contributed by atoms with Crippen molar-refractivity contribution >= 4 is 17.4 Å². The molecule has 1 amide bonds. The van der Waals surface area contributed by atoms with E-state index < -0.39 is 0 Å². The van der Waals surface area contributed by atoms with Crippen LogP contribution in [0.25, 0.3) is 0 Å². The summed E-state index contributed by atoms with van der Waals surface area (Å²) < 4.78 is 9.23. The standard InChI is InChI=1S/C14H17N3O2S/c1-9-6-4-5-7-11(9)12(19-3)8-15-14(18)13-10(2)16-17-20-13/h4-7,12H,8H2,1-3H3,(H,15,18)/t12-/m0/s1. The van der Waals surface area contributed by atoms with Crippen LogP contribution in [0, 0.1) is 13.8 Å². The van der Waals surface area contributed by atoms with Crippen molar-refractivity contribution < 1.29 is 9.53 Å². The fraction of sp³-hybridized carbons (Fsp3) is 0.357. The van der Waals surface area contributed by atoms with Crippen LogP contribution in [0.4, 0.5) is 0 Å². The Balaban J connectivity index is 2.03. The third-order valence-corrected chi connectivity index (χ3v) is 3.95. The second-order valence-electron chi connectivity index (χ2n) is 4.48. The maximum absolute atomic E-state index is 12.0. The number of ether oxygens (including phenoxy) is 1. The van der Waals surface area contributed by atoms with Crippen molar-refractivity contribution in [2.24, 2.45) is 0 Å². The highest BCUT2D eigenvalue weighted by Crippen LogP contribution is 2.20. The van der Waals surface area contributed by atoms with Gasteiger partial charge < -0.3 is 10.1 Å². The van der Waals surface area contributed by atoms with E-state index in [4.69, 9.17) is 4.74 Å². The van der Waals surface area contributed by atoms with E-state index in [1.165, 1.54) is 0 Å². The molecule has 0 unspecified atom stereocenters. The number of rotatable bonds is 5. The highest BCUT2D eigenvalue weighted by atomic mass is 32.1. The number of benzene rings is 1. The van der Waals surface area contributed by atoms with Gasteiger partial charge in [-0.2, -0.15) is 0 Å². The third-order valence-electron chi connectivity index (χ3n) is 3.13. The van der Waals surface area contributed by atoms with Gasteiger partial charge in [0, 0.05) is 13.7 Å². The molecule has 0 saturated carbocycles. The molecule has 1 atom stereocenters. The first-order valence-electron chi connectivity index (χ1n) is 6.29. The normalized spacial score (nSPS) is 12.2. The number of nitrogens with zero attached hydrogens (tertiary/aromatic N) is 2. The van der Waals surface area contributed by atoms with E-state index in [0.717, 1.165) is 22.7 Å². The Morgan fingerprint density at radius 1 is 1.40 bits per heavy atom. The predicted octanol–water partition coefficient (Wildman–Crippen LogP) is 2.27. The van der Waals surface area contributed by atoms with E-state index in [1.54, 1.807) is 14.0 Å². The van der Waals surface area contributed by atoms with Gasteiger partial charge in [0.2, 0.25) is 0 Å². The molecule has 0 aliphatic heterocycles. The number of amides is 1. The first-order chi connectivity index (χ1) is 9.63. The lowest BCUT2D eigenvalue weighted by Crippen LogP contribution is -2.29. The summed E-state index contributed by atoms with van der Waals surface area (Å²) in [6.45, 7) is 4.21. The van der Waals surface area contributed by atoms with Crippen LogP contribution in [0.5, 0.6) is 0 Å². The number of methoxy groups -OCH3 is 1. The lowest BCUT2D eigenvalue weighted by Gasteiger charge is -2.18. The summed E-state index contributed by atoms with van der Waals surface area (Å²) >= 11 is 1.10. The minimum atomic E-state index is -0.165. The fourth-order valence-electron chi connectivity index (χ4n) is 1.97. The molecule has 0 fully saturated rings. The van der Waals surface area contributed by atoms with Gasteiger partial charge in [-0.3, -0.25) is 4.79 Å². The second kappa shape index (κ2) is 6.58. The van der Waals surface area contributed by atoms with Crippen molar-refractivity contribution in [3.8, 4) is 0 Å². The van der Waals surface area contributed by atoms with E-state index in [-0.39, 0.29) is 12.0 Å². The summed E-state index contributed by atoms with van der Waals surface area (Å²) in [4.78, 5) is 12.6. The number of nitrogens with one attached hydrogen (secondary N) is 1. The first kappa shape index (κ1) is 14.6. The Morgan fingerprint density at radius 3 is 2.75 bits per heavy atom. The van der Waals surface area contributed by atoms with E-state index in [1.807, 2.05) is 31.2 Å². The predicted molar refractivity (Wildman–Crippen MR) is 77.9 cm³/mol. The minimum Gasteiger partial charge on any atom is -0.375 e. The Kier molecular flexibility index (Phi) is 4.81. The molecule has 1 aromatic carbocycles. The molecule has 0 aliphatic carbocycles. The summed E-state index contributed by atoms with van der Waals surface area (Å²) in [5, 5.41) is 6.70. The van der Waals surface area contributed by atoms with Gasteiger partial charge in [0.25, 0.3) is 5.91 Å². The number of carbonyl (C=O) groups is 1. The van der Waals surface area contributed by atoms with Crippen LogP contribution in [-0.4, -0.2) is 29.1 Å². The van der Waals surface area contributed by atoms with Crippen molar-refractivity contribution in [2.45, 2.75) is 20.0 Å². The molecule has 106 valence electrons. The molecular weight excluding hydrogens is 274 g/mol. The Morgan fingerprint density at radius 2 is 2.15 bits per heavy atom. The molecule has 1 N–H and O–H groups in total. The molecule has 20 heavy (non-hydrogen) atoms. The van der Waals surface area contributed by atoms with Crippen LogP contribution < -0.4 is 5.32 Å². The molecule has 1 heterocycles. The van der Waals surface area contributed by atoms with Gasteiger partial charge in [0.1, 0.15) is 4.88 Å². The molecule has 0 bridgehead atoms. The zero-order chi connectivity index (χ0) is 14.5. The van der Waals surface area contributed by atoms with Gasteiger partial charge in [0.15, 0.2) is 0 Å². The lowest BCUT2D eigenvalue weighted by atomic mass is 10.0. The Labute approximate surface area is 122 Å².